The molecule has 3 N–H and O–H groups in total. The second kappa shape index (κ2) is 7.40. The summed E-state index contributed by atoms with van der Waals surface area (Å²) in [6, 6.07) is 8.19. The number of nitrogens with zero attached hydrogens (tertiary/aromatic N) is 4. The van der Waals surface area contributed by atoms with E-state index in [1.807, 2.05) is 6.07 Å². The third-order valence-electron chi connectivity index (χ3n) is 3.87. The van der Waals surface area contributed by atoms with Crippen LogP contribution in [0, 0.1) is 5.82 Å². The molecule has 0 aliphatic rings. The Labute approximate surface area is 150 Å². The molecule has 8 heteroatoms. The predicted octanol–water partition coefficient (Wildman–Crippen LogP) is 1.59. The predicted molar refractivity (Wildman–Crippen MR) is 97.5 cm³/mol. The number of benzene rings is 1. The fraction of sp³-hybridized carbons (Fsp3) is 0.222. The number of fused-ring (bicyclic) bond motifs is 1. The van der Waals surface area contributed by atoms with Gasteiger partial charge in [-0.1, -0.05) is 0 Å². The highest BCUT2D eigenvalue weighted by atomic mass is 19.1. The van der Waals surface area contributed by atoms with Crippen LogP contribution in [-0.2, 0) is 11.3 Å². The molecule has 2 aromatic heterocycles. The van der Waals surface area contributed by atoms with E-state index in [0.717, 1.165) is 0 Å². The lowest BCUT2D eigenvalue weighted by Gasteiger charge is -2.11. The molecule has 0 saturated carbocycles. The number of rotatable bonds is 5. The Kier molecular flexibility index (Phi) is 5.04. The van der Waals surface area contributed by atoms with Gasteiger partial charge in [0.1, 0.15) is 17.7 Å². The van der Waals surface area contributed by atoms with E-state index in [-0.39, 0.29) is 24.1 Å². The highest BCUT2D eigenvalue weighted by Gasteiger charge is 2.09. The monoisotopic (exact) mass is 354 g/mol. The van der Waals surface area contributed by atoms with Gasteiger partial charge in [-0.25, -0.2) is 19.3 Å². The number of pyridine rings is 1. The molecule has 3 aromatic rings. The Hall–Kier alpha value is -3.13. The zero-order chi connectivity index (χ0) is 18.7. The SMILES string of the molecule is CN(C)C(=O)CNCc1cc(F)cc(-c2ccc3ncnc(N)c3n2)c1. The minimum absolute atomic E-state index is 0.0479. The first-order chi connectivity index (χ1) is 12.4. The van der Waals surface area contributed by atoms with Crippen LogP contribution in [0.1, 0.15) is 5.56 Å². The highest BCUT2D eigenvalue weighted by molar-refractivity contribution is 5.85. The molecule has 1 amide bonds. The number of halogens is 1. The van der Waals surface area contributed by atoms with Crippen LogP contribution in [0.2, 0.25) is 0 Å². The summed E-state index contributed by atoms with van der Waals surface area (Å²) < 4.78 is 14.0. The molecular weight excluding hydrogens is 335 g/mol. The largest absolute Gasteiger partial charge is 0.382 e. The Morgan fingerprint density at radius 1 is 1.23 bits per heavy atom. The van der Waals surface area contributed by atoms with Gasteiger partial charge < -0.3 is 16.0 Å². The van der Waals surface area contributed by atoms with Crippen LogP contribution < -0.4 is 11.1 Å². The number of nitrogens with two attached hydrogens (primary N) is 1. The molecule has 2 heterocycles. The van der Waals surface area contributed by atoms with Crippen molar-refractivity contribution in [2.45, 2.75) is 6.54 Å². The van der Waals surface area contributed by atoms with E-state index in [1.165, 1.54) is 23.4 Å². The van der Waals surface area contributed by atoms with E-state index in [1.54, 1.807) is 26.2 Å². The van der Waals surface area contributed by atoms with Gasteiger partial charge in [0.15, 0.2) is 5.82 Å². The summed E-state index contributed by atoms with van der Waals surface area (Å²) in [6.45, 7) is 0.546. The van der Waals surface area contributed by atoms with Crippen molar-refractivity contribution in [1.82, 2.24) is 25.2 Å². The van der Waals surface area contributed by atoms with Crippen LogP contribution in [0.4, 0.5) is 10.2 Å². The van der Waals surface area contributed by atoms with Crippen LogP contribution in [-0.4, -0.2) is 46.4 Å². The van der Waals surface area contributed by atoms with Gasteiger partial charge in [-0.3, -0.25) is 4.79 Å². The number of carbonyl (C=O) groups is 1. The molecule has 7 nitrogen and oxygen atoms in total. The average Bonchev–Trinajstić information content (AvgIpc) is 2.61. The lowest BCUT2D eigenvalue weighted by atomic mass is 10.1. The maximum Gasteiger partial charge on any atom is 0.236 e. The molecule has 1 aromatic carbocycles. The first-order valence-electron chi connectivity index (χ1n) is 8.02. The number of hydrogen-bond donors (Lipinski definition) is 2. The van der Waals surface area contributed by atoms with Crippen molar-refractivity contribution in [3.8, 4) is 11.3 Å². The normalized spacial score (nSPS) is 10.9. The van der Waals surface area contributed by atoms with Crippen LogP contribution >= 0.6 is 0 Å². The number of likely N-dealkylation sites (N-methyl/N-ethyl adjacent to an activating group) is 1. The summed E-state index contributed by atoms with van der Waals surface area (Å²) in [5.74, 6) is -0.150. The summed E-state index contributed by atoms with van der Waals surface area (Å²) >= 11 is 0. The molecule has 26 heavy (non-hydrogen) atoms. The molecule has 0 aliphatic heterocycles. The van der Waals surface area contributed by atoms with Crippen LogP contribution in [0.25, 0.3) is 22.3 Å². The molecule has 0 fully saturated rings. The summed E-state index contributed by atoms with van der Waals surface area (Å²) in [7, 11) is 3.37. The molecule has 3 rings (SSSR count). The van der Waals surface area contributed by atoms with E-state index in [0.29, 0.717) is 34.4 Å². The number of aromatic nitrogens is 3. The first kappa shape index (κ1) is 17.7. The zero-order valence-electron chi connectivity index (χ0n) is 14.5. The van der Waals surface area contributed by atoms with Crippen molar-refractivity contribution in [3.05, 3.63) is 48.0 Å². The Morgan fingerprint density at radius 2 is 2.04 bits per heavy atom. The lowest BCUT2D eigenvalue weighted by molar-refractivity contribution is -0.127. The quantitative estimate of drug-likeness (QED) is 0.722. The zero-order valence-corrected chi connectivity index (χ0v) is 14.5. The average molecular weight is 354 g/mol. The fourth-order valence-corrected chi connectivity index (χ4v) is 2.49. The minimum atomic E-state index is -0.377. The fourth-order valence-electron chi connectivity index (χ4n) is 2.49. The van der Waals surface area contributed by atoms with E-state index >= 15 is 0 Å². The van der Waals surface area contributed by atoms with E-state index in [4.69, 9.17) is 5.73 Å². The third kappa shape index (κ3) is 3.92. The summed E-state index contributed by atoms with van der Waals surface area (Å²) in [6.07, 6.45) is 1.38. The van der Waals surface area contributed by atoms with Crippen LogP contribution in [0.5, 0.6) is 0 Å². The maximum atomic E-state index is 14.0. The highest BCUT2D eigenvalue weighted by Crippen LogP contribution is 2.24. The maximum absolute atomic E-state index is 14.0. The summed E-state index contributed by atoms with van der Waals surface area (Å²) in [4.78, 5) is 25.6. The molecule has 0 atom stereocenters. The van der Waals surface area contributed by atoms with Gasteiger partial charge in [-0.2, -0.15) is 0 Å². The number of amides is 1. The molecular formula is C18H19FN6O. The second-order valence-corrected chi connectivity index (χ2v) is 6.06. The van der Waals surface area contributed by atoms with Gasteiger partial charge >= 0.3 is 0 Å². The number of carbonyl (C=O) groups excluding carboxylic acids is 1. The van der Waals surface area contributed by atoms with Crippen molar-refractivity contribution in [2.24, 2.45) is 0 Å². The molecule has 0 saturated heterocycles. The Balaban J connectivity index is 1.85. The number of nitrogens with one attached hydrogen (secondary N) is 1. The van der Waals surface area contributed by atoms with Crippen molar-refractivity contribution in [2.75, 3.05) is 26.4 Å². The van der Waals surface area contributed by atoms with E-state index in [9.17, 15) is 9.18 Å². The molecule has 0 radical (unpaired) electrons. The van der Waals surface area contributed by atoms with Gasteiger partial charge in [0.05, 0.1) is 17.8 Å². The summed E-state index contributed by atoms with van der Waals surface area (Å²) in [5, 5.41) is 3.01. The third-order valence-corrected chi connectivity index (χ3v) is 3.87. The number of nitrogen functional groups attached to an aromatic ring is 1. The van der Waals surface area contributed by atoms with Crippen molar-refractivity contribution in [3.63, 3.8) is 0 Å². The van der Waals surface area contributed by atoms with E-state index in [2.05, 4.69) is 20.3 Å². The van der Waals surface area contributed by atoms with Crippen LogP contribution in [0.15, 0.2) is 36.7 Å². The van der Waals surface area contributed by atoms with E-state index < -0.39 is 0 Å². The van der Waals surface area contributed by atoms with Crippen LogP contribution in [0.3, 0.4) is 0 Å². The van der Waals surface area contributed by atoms with Gasteiger partial charge in [-0.05, 0) is 35.9 Å². The van der Waals surface area contributed by atoms with Crippen molar-refractivity contribution < 1.29 is 9.18 Å². The lowest BCUT2D eigenvalue weighted by Crippen LogP contribution is -2.32. The first-order valence-corrected chi connectivity index (χ1v) is 8.02. The molecule has 0 aliphatic carbocycles. The second-order valence-electron chi connectivity index (χ2n) is 6.06. The van der Waals surface area contributed by atoms with Crippen molar-refractivity contribution in [1.29, 1.82) is 0 Å². The standard InChI is InChI=1S/C18H19FN6O/c1-25(2)16(26)9-21-8-11-5-12(7-13(19)6-11)14-3-4-15-17(24-14)18(20)23-10-22-15/h3-7,10,21H,8-9H2,1-2H3,(H2,20,22,23). The molecule has 0 bridgehead atoms. The summed E-state index contributed by atoms with van der Waals surface area (Å²) in [5.41, 5.74) is 8.86. The van der Waals surface area contributed by atoms with Gasteiger partial charge in [0.2, 0.25) is 5.91 Å². The smallest absolute Gasteiger partial charge is 0.236 e. The Morgan fingerprint density at radius 3 is 2.81 bits per heavy atom. The topological polar surface area (TPSA) is 97.0 Å². The molecule has 0 unspecified atom stereocenters. The molecule has 0 spiro atoms. The van der Waals surface area contributed by atoms with Gasteiger partial charge in [0, 0.05) is 26.2 Å². The van der Waals surface area contributed by atoms with Gasteiger partial charge in [-0.15, -0.1) is 0 Å². The number of hydrogen-bond acceptors (Lipinski definition) is 6. The number of anilines is 1. The van der Waals surface area contributed by atoms with Gasteiger partial charge in [0.25, 0.3) is 0 Å². The Bertz CT molecular complexity index is 960. The molecule has 134 valence electrons. The minimum Gasteiger partial charge on any atom is -0.382 e. The van der Waals surface area contributed by atoms with Crippen molar-refractivity contribution >= 4 is 22.8 Å².